The molecule has 0 aliphatic rings. The molecular weight excluding hydrogens is 349 g/mol. The van der Waals surface area contributed by atoms with Gasteiger partial charge in [-0.1, -0.05) is 49.8 Å². The van der Waals surface area contributed by atoms with E-state index in [2.05, 4.69) is 18.9 Å². The van der Waals surface area contributed by atoms with Crippen molar-refractivity contribution in [3.63, 3.8) is 0 Å². The van der Waals surface area contributed by atoms with Crippen LogP contribution in [0.1, 0.15) is 62.8 Å². The molecule has 0 saturated carbocycles. The molecule has 0 aromatic carbocycles. The van der Waals surface area contributed by atoms with E-state index in [1.807, 2.05) is 13.8 Å². The fourth-order valence-corrected chi connectivity index (χ4v) is 2.69. The summed E-state index contributed by atoms with van der Waals surface area (Å²) < 4.78 is 27.6. The van der Waals surface area contributed by atoms with Crippen molar-refractivity contribution in [3.05, 3.63) is 28.8 Å². The number of carbonyl (C=O) groups excluding carboxylic acids is 1. The fourth-order valence-electron chi connectivity index (χ4n) is 1.56. The first-order chi connectivity index (χ1) is 11.2. The van der Waals surface area contributed by atoms with Crippen molar-refractivity contribution in [3.8, 4) is 10.6 Å². The van der Waals surface area contributed by atoms with Gasteiger partial charge in [0.05, 0.1) is 9.75 Å². The highest BCUT2D eigenvalue weighted by Gasteiger charge is 2.29. The van der Waals surface area contributed by atoms with E-state index in [4.69, 9.17) is 0 Å². The van der Waals surface area contributed by atoms with Crippen molar-refractivity contribution in [2.75, 3.05) is 0 Å². The monoisotopic (exact) mass is 376 g/mol. The number of aromatic nitrogens is 2. The number of unbranched alkanes of at least 4 members (excludes halogenated alkanes) is 1. The van der Waals surface area contributed by atoms with Crippen LogP contribution in [-0.4, -0.2) is 15.6 Å². The maximum absolute atomic E-state index is 13.2. The molecule has 2 aromatic heterocycles. The van der Waals surface area contributed by atoms with Gasteiger partial charge in [0.1, 0.15) is 11.4 Å². The van der Waals surface area contributed by atoms with E-state index in [9.17, 15) is 13.6 Å². The van der Waals surface area contributed by atoms with Gasteiger partial charge in [0, 0.05) is 7.05 Å². The van der Waals surface area contributed by atoms with E-state index >= 15 is 0 Å². The highest BCUT2D eigenvalue weighted by atomic mass is 32.1. The molecule has 136 valence electrons. The zero-order chi connectivity index (χ0) is 18.9. The molecule has 0 aliphatic heterocycles. The van der Waals surface area contributed by atoms with Crippen LogP contribution in [0, 0.1) is 0 Å². The SMILES string of the molecule is CC.CC(=O)c1ccc(-c2cc(C(F)(F)P)n(C)n2)s1.CCCC. The Morgan fingerprint density at radius 1 is 1.29 bits per heavy atom. The van der Waals surface area contributed by atoms with Gasteiger partial charge >= 0.3 is 0 Å². The first kappa shape index (κ1) is 22.9. The molecule has 0 N–H and O–H groups in total. The summed E-state index contributed by atoms with van der Waals surface area (Å²) in [6.45, 7) is 9.83. The zero-order valence-corrected chi connectivity index (χ0v) is 17.2. The maximum atomic E-state index is 13.2. The molecule has 0 radical (unpaired) electrons. The number of Topliss-reactive ketones (excluding diaryl/α,β-unsaturated/α-hetero) is 1. The number of halogens is 2. The lowest BCUT2D eigenvalue weighted by atomic mass is 10.3. The van der Waals surface area contributed by atoms with Gasteiger partial charge in [-0.3, -0.25) is 9.48 Å². The van der Waals surface area contributed by atoms with Crippen molar-refractivity contribution in [2.24, 2.45) is 7.05 Å². The minimum Gasteiger partial charge on any atom is -0.294 e. The van der Waals surface area contributed by atoms with Gasteiger partial charge in [-0.05, 0) is 25.1 Å². The van der Waals surface area contributed by atoms with Crippen LogP contribution in [0.25, 0.3) is 10.6 Å². The van der Waals surface area contributed by atoms with E-state index in [1.54, 1.807) is 12.1 Å². The van der Waals surface area contributed by atoms with Gasteiger partial charge in [-0.2, -0.15) is 13.9 Å². The van der Waals surface area contributed by atoms with E-state index < -0.39 is 5.66 Å². The van der Waals surface area contributed by atoms with Gasteiger partial charge in [-0.15, -0.1) is 11.3 Å². The number of hydrogen-bond donors (Lipinski definition) is 0. The van der Waals surface area contributed by atoms with Crippen LogP contribution in [0.4, 0.5) is 8.78 Å². The Bertz CT molecular complexity index is 631. The Morgan fingerprint density at radius 3 is 2.17 bits per heavy atom. The van der Waals surface area contributed by atoms with Crippen LogP contribution in [0.2, 0.25) is 0 Å². The molecule has 2 rings (SSSR count). The average Bonchev–Trinajstić information content (AvgIpc) is 3.15. The summed E-state index contributed by atoms with van der Waals surface area (Å²) in [6.07, 6.45) is 2.64. The van der Waals surface area contributed by atoms with Gasteiger partial charge in [-0.25, -0.2) is 0 Å². The van der Waals surface area contributed by atoms with Gasteiger partial charge in [0.15, 0.2) is 5.78 Å². The number of hydrogen-bond acceptors (Lipinski definition) is 3. The predicted octanol–water partition coefficient (Wildman–Crippen LogP) is 6.11. The number of nitrogens with zero attached hydrogens (tertiary/aromatic N) is 2. The highest BCUT2D eigenvalue weighted by molar-refractivity contribution is 7.18. The normalized spacial score (nSPS) is 10.4. The summed E-state index contributed by atoms with van der Waals surface area (Å²) in [5.74, 6) is -0.0428. The molecular formula is C17H27F2N2OPS. The molecule has 2 aromatic rings. The number of rotatable bonds is 4. The molecule has 7 heteroatoms. The zero-order valence-electron chi connectivity index (χ0n) is 15.2. The smallest absolute Gasteiger partial charge is 0.294 e. The second-order valence-electron chi connectivity index (χ2n) is 4.88. The van der Waals surface area contributed by atoms with E-state index in [-0.39, 0.29) is 11.5 Å². The van der Waals surface area contributed by atoms with Crippen molar-refractivity contribution < 1.29 is 13.6 Å². The molecule has 24 heavy (non-hydrogen) atoms. The minimum absolute atomic E-state index is 0.0428. The molecule has 0 saturated heterocycles. The lowest BCUT2D eigenvalue weighted by Gasteiger charge is -2.08. The third kappa shape index (κ3) is 6.78. The van der Waals surface area contributed by atoms with E-state index in [0.717, 1.165) is 4.68 Å². The Labute approximate surface area is 149 Å². The topological polar surface area (TPSA) is 34.9 Å². The van der Waals surface area contributed by atoms with Gasteiger partial charge < -0.3 is 0 Å². The third-order valence-corrected chi connectivity index (χ3v) is 4.43. The van der Waals surface area contributed by atoms with Crippen molar-refractivity contribution in [1.82, 2.24) is 9.78 Å². The Kier molecular flexibility index (Phi) is 10.2. The van der Waals surface area contributed by atoms with Crippen molar-refractivity contribution in [2.45, 2.75) is 53.1 Å². The third-order valence-electron chi connectivity index (χ3n) is 2.93. The van der Waals surface area contributed by atoms with Crippen LogP contribution in [-0.2, 0) is 12.7 Å². The summed E-state index contributed by atoms with van der Waals surface area (Å²) >= 11 is 1.25. The molecule has 3 nitrogen and oxygen atoms in total. The van der Waals surface area contributed by atoms with Crippen LogP contribution in [0.15, 0.2) is 18.2 Å². The molecule has 0 fully saturated rings. The molecule has 0 aliphatic carbocycles. The average molecular weight is 376 g/mol. The number of alkyl halides is 2. The maximum Gasteiger partial charge on any atom is 0.299 e. The molecule has 0 amide bonds. The first-order valence-electron chi connectivity index (χ1n) is 8.03. The minimum atomic E-state index is -3.01. The fraction of sp³-hybridized carbons (Fsp3) is 0.529. The highest BCUT2D eigenvalue weighted by Crippen LogP contribution is 2.37. The molecule has 2 heterocycles. The van der Waals surface area contributed by atoms with Crippen LogP contribution < -0.4 is 0 Å². The Morgan fingerprint density at radius 2 is 1.83 bits per heavy atom. The van der Waals surface area contributed by atoms with Gasteiger partial charge in [0.2, 0.25) is 0 Å². The second kappa shape index (κ2) is 10.7. The standard InChI is InChI=1S/C11H11F2N2OPS.C4H10.C2H6/c1-6(16)8-3-4-9(18-8)7-5-10(11(12,13)17)15(2)14-7;1-3-4-2;1-2/h3-5H,17H2,1-2H3;3-4H2,1-2H3;1-2H3. The predicted molar refractivity (Wildman–Crippen MR) is 102 cm³/mol. The van der Waals surface area contributed by atoms with Crippen LogP contribution in [0.3, 0.4) is 0 Å². The summed E-state index contributed by atoms with van der Waals surface area (Å²) in [7, 11) is 2.96. The Hall–Kier alpha value is -1.13. The number of aryl methyl sites for hydroxylation is 1. The first-order valence-corrected chi connectivity index (χ1v) is 9.42. The quantitative estimate of drug-likeness (QED) is 0.477. The Balaban J connectivity index is 0.000000773. The summed E-state index contributed by atoms with van der Waals surface area (Å²) in [6, 6.07) is 4.73. The van der Waals surface area contributed by atoms with Crippen molar-refractivity contribution >= 4 is 26.4 Å². The lowest BCUT2D eigenvalue weighted by molar-refractivity contribution is 0.0938. The summed E-state index contributed by atoms with van der Waals surface area (Å²) in [5, 5.41) is 4.04. The number of ketones is 1. The molecule has 1 atom stereocenters. The molecule has 0 spiro atoms. The summed E-state index contributed by atoms with van der Waals surface area (Å²) in [5.41, 5.74) is -2.74. The van der Waals surface area contributed by atoms with E-state index in [0.29, 0.717) is 15.4 Å². The van der Waals surface area contributed by atoms with E-state index in [1.165, 1.54) is 53.5 Å². The second-order valence-corrected chi connectivity index (χ2v) is 6.69. The number of thiophene rings is 1. The van der Waals surface area contributed by atoms with Crippen LogP contribution in [0.5, 0.6) is 0 Å². The largest absolute Gasteiger partial charge is 0.299 e. The number of carbonyl (C=O) groups is 1. The van der Waals surface area contributed by atoms with Crippen LogP contribution >= 0.6 is 20.6 Å². The molecule has 1 unspecified atom stereocenters. The van der Waals surface area contributed by atoms with Crippen molar-refractivity contribution in [1.29, 1.82) is 0 Å². The molecule has 0 bridgehead atoms. The summed E-state index contributed by atoms with van der Waals surface area (Å²) in [4.78, 5) is 12.5. The van der Waals surface area contributed by atoms with Gasteiger partial charge in [0.25, 0.3) is 5.66 Å². The lowest BCUT2D eigenvalue weighted by Crippen LogP contribution is -2.09.